The van der Waals surface area contributed by atoms with Gasteiger partial charge in [-0.05, 0) is 33.4 Å². The van der Waals surface area contributed by atoms with E-state index in [0.717, 1.165) is 4.47 Å². The van der Waals surface area contributed by atoms with Gasteiger partial charge in [-0.3, -0.25) is 0 Å². The average molecular weight is 335 g/mol. The van der Waals surface area contributed by atoms with Gasteiger partial charge in [-0.1, -0.05) is 18.2 Å². The van der Waals surface area contributed by atoms with Crippen molar-refractivity contribution in [1.29, 1.82) is 0 Å². The number of hydrogen-bond donors (Lipinski definition) is 1. The molecule has 0 amide bonds. The minimum atomic E-state index is -2.91. The molecule has 1 N–H and O–H groups in total. The summed E-state index contributed by atoms with van der Waals surface area (Å²) in [7, 11) is 0. The summed E-state index contributed by atoms with van der Waals surface area (Å²) >= 11 is 4.64. The van der Waals surface area contributed by atoms with Crippen molar-refractivity contribution >= 4 is 27.3 Å². The molecule has 0 aliphatic rings. The Labute approximate surface area is 115 Å². The van der Waals surface area contributed by atoms with Crippen LogP contribution < -0.4 is 4.74 Å². The molecule has 0 saturated heterocycles. The van der Waals surface area contributed by atoms with E-state index in [2.05, 4.69) is 20.7 Å². The summed E-state index contributed by atoms with van der Waals surface area (Å²) in [5.41, 5.74) is 0.320. The molecule has 0 spiro atoms. The van der Waals surface area contributed by atoms with Gasteiger partial charge in [0.2, 0.25) is 0 Å². The molecule has 96 valence electrons. The smallest absolute Gasteiger partial charge is 0.387 e. The molecule has 1 unspecified atom stereocenters. The van der Waals surface area contributed by atoms with E-state index in [-0.39, 0.29) is 5.75 Å². The number of para-hydroxylation sites is 1. The van der Waals surface area contributed by atoms with Gasteiger partial charge in [0.15, 0.2) is 0 Å². The van der Waals surface area contributed by atoms with E-state index in [1.165, 1.54) is 17.4 Å². The molecule has 0 bridgehead atoms. The lowest BCUT2D eigenvalue weighted by Crippen LogP contribution is -2.07. The SMILES string of the molecule is OC(c1ccccc1OC(F)F)c1sccc1Br. The summed E-state index contributed by atoms with van der Waals surface area (Å²) in [6.45, 7) is -2.91. The van der Waals surface area contributed by atoms with E-state index in [1.807, 2.05) is 0 Å². The Morgan fingerprint density at radius 3 is 2.56 bits per heavy atom. The number of halogens is 3. The van der Waals surface area contributed by atoms with Crippen molar-refractivity contribution in [3.63, 3.8) is 0 Å². The topological polar surface area (TPSA) is 29.5 Å². The predicted molar refractivity (Wildman–Crippen MR) is 69.2 cm³/mol. The van der Waals surface area contributed by atoms with Gasteiger partial charge in [-0.25, -0.2) is 0 Å². The van der Waals surface area contributed by atoms with Crippen LogP contribution in [0.5, 0.6) is 5.75 Å². The molecule has 18 heavy (non-hydrogen) atoms. The number of alkyl halides is 2. The Balaban J connectivity index is 2.36. The summed E-state index contributed by atoms with van der Waals surface area (Å²) in [5, 5.41) is 12.0. The van der Waals surface area contributed by atoms with E-state index in [9.17, 15) is 13.9 Å². The van der Waals surface area contributed by atoms with Gasteiger partial charge >= 0.3 is 6.61 Å². The average Bonchev–Trinajstić information content (AvgIpc) is 2.74. The standard InChI is InChI=1S/C12H9BrF2O2S/c13-8-5-6-18-11(8)10(16)7-3-1-2-4-9(7)17-12(14)15/h1-6,10,12,16H. The molecule has 1 aromatic heterocycles. The Kier molecular flexibility index (Phi) is 4.31. The minimum absolute atomic E-state index is 0.0136. The quantitative estimate of drug-likeness (QED) is 0.908. The number of aliphatic hydroxyl groups excluding tert-OH is 1. The van der Waals surface area contributed by atoms with Crippen LogP contribution in [0.3, 0.4) is 0 Å². The summed E-state index contributed by atoms with van der Waals surface area (Å²) in [4.78, 5) is 0.653. The Hall–Kier alpha value is -0.980. The second-order valence-electron chi connectivity index (χ2n) is 3.45. The molecule has 0 aliphatic carbocycles. The van der Waals surface area contributed by atoms with Crippen molar-refractivity contribution in [3.05, 3.63) is 50.6 Å². The summed E-state index contributed by atoms with van der Waals surface area (Å²) in [5.74, 6) is -0.0136. The zero-order chi connectivity index (χ0) is 13.1. The first-order valence-corrected chi connectivity index (χ1v) is 6.71. The van der Waals surface area contributed by atoms with Crippen molar-refractivity contribution in [2.75, 3.05) is 0 Å². The zero-order valence-corrected chi connectivity index (χ0v) is 11.4. The molecule has 1 aromatic carbocycles. The number of benzene rings is 1. The first-order valence-electron chi connectivity index (χ1n) is 5.04. The molecule has 1 heterocycles. The van der Waals surface area contributed by atoms with Gasteiger partial charge in [-0.2, -0.15) is 8.78 Å². The molecule has 0 aliphatic heterocycles. The van der Waals surface area contributed by atoms with E-state index in [0.29, 0.717) is 10.4 Å². The fourth-order valence-electron chi connectivity index (χ4n) is 1.55. The van der Waals surface area contributed by atoms with Gasteiger partial charge < -0.3 is 9.84 Å². The molecule has 6 heteroatoms. The fraction of sp³-hybridized carbons (Fsp3) is 0.167. The third kappa shape index (κ3) is 2.88. The van der Waals surface area contributed by atoms with Crippen LogP contribution in [0, 0.1) is 0 Å². The molecule has 1 atom stereocenters. The second-order valence-corrected chi connectivity index (χ2v) is 5.25. The second kappa shape index (κ2) is 5.77. The highest BCUT2D eigenvalue weighted by atomic mass is 79.9. The summed E-state index contributed by atoms with van der Waals surface area (Å²) < 4.78 is 29.7. The summed E-state index contributed by atoms with van der Waals surface area (Å²) in [6.07, 6.45) is -0.991. The number of thiophene rings is 1. The van der Waals surface area contributed by atoms with E-state index >= 15 is 0 Å². The zero-order valence-electron chi connectivity index (χ0n) is 9.02. The van der Waals surface area contributed by atoms with E-state index in [1.54, 1.807) is 29.6 Å². The summed E-state index contributed by atoms with van der Waals surface area (Å²) in [6, 6.07) is 8.01. The number of ether oxygens (including phenoxy) is 1. The van der Waals surface area contributed by atoms with Gasteiger partial charge in [0.25, 0.3) is 0 Å². The van der Waals surface area contributed by atoms with Crippen LogP contribution in [0.25, 0.3) is 0 Å². The highest BCUT2D eigenvalue weighted by molar-refractivity contribution is 9.10. The van der Waals surface area contributed by atoms with Crippen LogP contribution in [0.4, 0.5) is 8.78 Å². The van der Waals surface area contributed by atoms with Crippen LogP contribution >= 0.6 is 27.3 Å². The van der Waals surface area contributed by atoms with Crippen molar-refractivity contribution < 1.29 is 18.6 Å². The third-order valence-electron chi connectivity index (χ3n) is 2.32. The highest BCUT2D eigenvalue weighted by Crippen LogP contribution is 2.37. The molecule has 2 aromatic rings. The first kappa shape index (κ1) is 13.5. The maximum Gasteiger partial charge on any atom is 0.387 e. The third-order valence-corrected chi connectivity index (χ3v) is 4.25. The van der Waals surface area contributed by atoms with Crippen molar-refractivity contribution in [1.82, 2.24) is 0 Å². The Morgan fingerprint density at radius 2 is 1.94 bits per heavy atom. The maximum atomic E-state index is 12.3. The van der Waals surface area contributed by atoms with Gasteiger partial charge in [0.05, 0.1) is 4.88 Å². The van der Waals surface area contributed by atoms with Crippen LogP contribution in [0.2, 0.25) is 0 Å². The highest BCUT2D eigenvalue weighted by Gasteiger charge is 2.20. The van der Waals surface area contributed by atoms with Crippen LogP contribution in [0.15, 0.2) is 40.2 Å². The number of aliphatic hydroxyl groups is 1. The molecule has 0 radical (unpaired) electrons. The van der Waals surface area contributed by atoms with Gasteiger partial charge in [0, 0.05) is 10.0 Å². The Morgan fingerprint density at radius 1 is 1.22 bits per heavy atom. The van der Waals surface area contributed by atoms with Crippen molar-refractivity contribution in [3.8, 4) is 5.75 Å². The van der Waals surface area contributed by atoms with E-state index in [4.69, 9.17) is 0 Å². The maximum absolute atomic E-state index is 12.3. The van der Waals surface area contributed by atoms with E-state index < -0.39 is 12.7 Å². The molecular formula is C12H9BrF2O2S. The van der Waals surface area contributed by atoms with Crippen LogP contribution in [-0.2, 0) is 0 Å². The van der Waals surface area contributed by atoms with Crippen molar-refractivity contribution in [2.45, 2.75) is 12.7 Å². The Bertz CT molecular complexity index is 530. The molecule has 0 fully saturated rings. The number of rotatable bonds is 4. The molecule has 2 rings (SSSR count). The first-order chi connectivity index (χ1) is 8.59. The largest absolute Gasteiger partial charge is 0.434 e. The molecular weight excluding hydrogens is 326 g/mol. The van der Waals surface area contributed by atoms with Crippen LogP contribution in [-0.4, -0.2) is 11.7 Å². The van der Waals surface area contributed by atoms with Gasteiger partial charge in [-0.15, -0.1) is 11.3 Å². The molecule has 0 saturated carbocycles. The molecule has 2 nitrogen and oxygen atoms in total. The lowest BCUT2D eigenvalue weighted by Gasteiger charge is -2.15. The minimum Gasteiger partial charge on any atom is -0.434 e. The lowest BCUT2D eigenvalue weighted by molar-refractivity contribution is -0.0512. The predicted octanol–water partition coefficient (Wildman–Crippen LogP) is 4.19. The van der Waals surface area contributed by atoms with Crippen LogP contribution in [0.1, 0.15) is 16.5 Å². The fourth-order valence-corrected chi connectivity index (χ4v) is 3.14. The van der Waals surface area contributed by atoms with Gasteiger partial charge in [0.1, 0.15) is 11.9 Å². The normalized spacial score (nSPS) is 12.7. The lowest BCUT2D eigenvalue weighted by atomic mass is 10.1. The number of hydrogen-bond acceptors (Lipinski definition) is 3. The monoisotopic (exact) mass is 334 g/mol. The van der Waals surface area contributed by atoms with Crippen molar-refractivity contribution in [2.24, 2.45) is 0 Å².